The molecule has 1 aliphatic heterocycles. The van der Waals surface area contributed by atoms with Crippen LogP contribution in [0.2, 0.25) is 0 Å². The number of halogens is 6. The van der Waals surface area contributed by atoms with Gasteiger partial charge in [0.05, 0.1) is 17.1 Å². The van der Waals surface area contributed by atoms with Crippen molar-refractivity contribution in [2.24, 2.45) is 0 Å². The number of nitrogens with zero attached hydrogens (tertiary/aromatic N) is 3. The summed E-state index contributed by atoms with van der Waals surface area (Å²) in [6, 6.07) is 8.24. The van der Waals surface area contributed by atoms with Crippen LogP contribution >= 0.6 is 0 Å². The number of aromatic nitrogens is 2. The standard InChI is InChI=1S/C22H14F6N4O4S/c1-11-29-16-8-7-15-18(19(16)35-11)32(10-12-2-9-17(21(23,24)25)31-20(12)30-15)37(33,34)14-5-3-13(4-6-14)36-22(26,27)28/h2-9H,10H2,1H3,(H,30,31). The highest BCUT2D eigenvalue weighted by molar-refractivity contribution is 7.92. The monoisotopic (exact) mass is 544 g/mol. The Bertz CT molecular complexity index is 1620. The predicted molar refractivity (Wildman–Crippen MR) is 118 cm³/mol. The molecule has 0 spiro atoms. The molecule has 0 radical (unpaired) electrons. The molecule has 0 amide bonds. The number of pyridine rings is 1. The van der Waals surface area contributed by atoms with Crippen molar-refractivity contribution in [2.45, 2.75) is 30.9 Å². The van der Waals surface area contributed by atoms with Gasteiger partial charge in [-0.3, -0.25) is 4.31 Å². The quantitative estimate of drug-likeness (QED) is 0.321. The van der Waals surface area contributed by atoms with Gasteiger partial charge < -0.3 is 14.5 Å². The largest absolute Gasteiger partial charge is 0.573 e. The first-order valence-corrected chi connectivity index (χ1v) is 11.8. The summed E-state index contributed by atoms with van der Waals surface area (Å²) in [7, 11) is -4.50. The first kappa shape index (κ1) is 24.7. The summed E-state index contributed by atoms with van der Waals surface area (Å²) < 4.78 is 115. The van der Waals surface area contributed by atoms with Gasteiger partial charge in [0.25, 0.3) is 10.0 Å². The van der Waals surface area contributed by atoms with Gasteiger partial charge in [-0.15, -0.1) is 13.2 Å². The molecule has 0 bridgehead atoms. The average Bonchev–Trinajstić information content (AvgIpc) is 3.08. The van der Waals surface area contributed by atoms with Gasteiger partial charge in [0.2, 0.25) is 0 Å². The summed E-state index contributed by atoms with van der Waals surface area (Å²) in [5.41, 5.74) is -0.758. The molecule has 4 aromatic rings. The van der Waals surface area contributed by atoms with Crippen LogP contribution in [0.5, 0.6) is 5.75 Å². The van der Waals surface area contributed by atoms with Crippen LogP contribution in [0.3, 0.4) is 0 Å². The summed E-state index contributed by atoms with van der Waals surface area (Å²) in [6.45, 7) is 1.06. The zero-order chi connectivity index (χ0) is 26.8. The zero-order valence-corrected chi connectivity index (χ0v) is 19.3. The topological polar surface area (TPSA) is 97.6 Å². The summed E-state index contributed by atoms with van der Waals surface area (Å²) in [6.07, 6.45) is -9.72. The molecule has 5 rings (SSSR count). The molecule has 0 atom stereocenters. The Balaban J connectivity index is 1.67. The Morgan fingerprint density at radius 2 is 1.68 bits per heavy atom. The van der Waals surface area contributed by atoms with Crippen molar-refractivity contribution in [3.05, 3.63) is 65.7 Å². The molecule has 1 aliphatic rings. The van der Waals surface area contributed by atoms with Crippen molar-refractivity contribution in [2.75, 3.05) is 9.62 Å². The third kappa shape index (κ3) is 4.61. The third-order valence-electron chi connectivity index (χ3n) is 5.37. The van der Waals surface area contributed by atoms with E-state index in [2.05, 4.69) is 20.0 Å². The maximum atomic E-state index is 13.8. The van der Waals surface area contributed by atoms with Crippen molar-refractivity contribution < 1.29 is 43.9 Å². The van der Waals surface area contributed by atoms with Crippen LogP contribution in [-0.2, 0) is 22.7 Å². The predicted octanol–water partition coefficient (Wildman–Crippen LogP) is 5.90. The Morgan fingerprint density at radius 1 is 0.973 bits per heavy atom. The Kier molecular flexibility index (Phi) is 5.51. The molecule has 1 N–H and O–H groups in total. The van der Waals surface area contributed by atoms with Gasteiger partial charge >= 0.3 is 12.5 Å². The van der Waals surface area contributed by atoms with E-state index in [0.29, 0.717) is 0 Å². The maximum absolute atomic E-state index is 13.8. The average molecular weight is 544 g/mol. The number of rotatable bonds is 3. The van der Waals surface area contributed by atoms with Crippen molar-refractivity contribution in [3.8, 4) is 5.75 Å². The highest BCUT2D eigenvalue weighted by Gasteiger charge is 2.37. The van der Waals surface area contributed by atoms with Gasteiger partial charge in [0, 0.05) is 12.5 Å². The lowest BCUT2D eigenvalue weighted by Gasteiger charge is -2.24. The number of oxazole rings is 1. The second-order valence-electron chi connectivity index (χ2n) is 7.90. The van der Waals surface area contributed by atoms with E-state index in [1.165, 1.54) is 19.1 Å². The van der Waals surface area contributed by atoms with Crippen LogP contribution in [0.1, 0.15) is 17.1 Å². The van der Waals surface area contributed by atoms with E-state index >= 15 is 0 Å². The van der Waals surface area contributed by atoms with Gasteiger partial charge in [-0.2, -0.15) is 13.2 Å². The minimum Gasteiger partial charge on any atom is -0.439 e. The minimum atomic E-state index is -4.97. The number of aryl methyl sites for hydroxylation is 1. The first-order valence-electron chi connectivity index (χ1n) is 10.4. The molecule has 3 heterocycles. The lowest BCUT2D eigenvalue weighted by molar-refractivity contribution is -0.274. The number of hydrogen-bond acceptors (Lipinski definition) is 7. The maximum Gasteiger partial charge on any atom is 0.573 e. The molecule has 0 saturated carbocycles. The van der Waals surface area contributed by atoms with Crippen molar-refractivity contribution in [1.82, 2.24) is 9.97 Å². The van der Waals surface area contributed by atoms with E-state index in [1.807, 2.05) is 0 Å². The van der Waals surface area contributed by atoms with E-state index in [0.717, 1.165) is 40.7 Å². The van der Waals surface area contributed by atoms with Gasteiger partial charge in [-0.1, -0.05) is 6.07 Å². The van der Waals surface area contributed by atoms with E-state index in [-0.39, 0.29) is 39.7 Å². The number of benzene rings is 2. The van der Waals surface area contributed by atoms with Gasteiger partial charge in [0.1, 0.15) is 28.5 Å². The fourth-order valence-corrected chi connectivity index (χ4v) is 5.29. The Morgan fingerprint density at radius 3 is 2.32 bits per heavy atom. The van der Waals surface area contributed by atoms with Crippen LogP contribution in [0, 0.1) is 6.92 Å². The Hall–Kier alpha value is -4.01. The number of hydrogen-bond donors (Lipinski definition) is 1. The van der Waals surface area contributed by atoms with E-state index in [1.54, 1.807) is 0 Å². The summed E-state index contributed by atoms with van der Waals surface area (Å²) in [4.78, 5) is 7.42. The van der Waals surface area contributed by atoms with Crippen LogP contribution in [0.4, 0.5) is 43.5 Å². The molecule has 15 heteroatoms. The molecule has 0 aliphatic carbocycles. The highest BCUT2D eigenvalue weighted by atomic mass is 32.2. The first-order chi connectivity index (χ1) is 17.2. The van der Waals surface area contributed by atoms with Crippen molar-refractivity contribution >= 4 is 38.3 Å². The number of anilines is 3. The lowest BCUT2D eigenvalue weighted by Crippen LogP contribution is -2.30. The molecular formula is C22H14F6N4O4S. The highest BCUT2D eigenvalue weighted by Crippen LogP contribution is 2.44. The Labute approximate surface area is 204 Å². The van der Waals surface area contributed by atoms with Crippen molar-refractivity contribution in [1.29, 1.82) is 0 Å². The summed E-state index contributed by atoms with van der Waals surface area (Å²) >= 11 is 0. The molecule has 0 unspecified atom stereocenters. The summed E-state index contributed by atoms with van der Waals surface area (Å²) in [5.74, 6) is -0.654. The number of alkyl halides is 6. The third-order valence-corrected chi connectivity index (χ3v) is 7.13. The van der Waals surface area contributed by atoms with E-state index in [4.69, 9.17) is 4.42 Å². The molecular weight excluding hydrogens is 530 g/mol. The molecule has 0 fully saturated rings. The lowest BCUT2D eigenvalue weighted by atomic mass is 10.2. The van der Waals surface area contributed by atoms with Gasteiger partial charge in [-0.05, 0) is 42.5 Å². The van der Waals surface area contributed by atoms with Crippen LogP contribution in [0.15, 0.2) is 57.8 Å². The van der Waals surface area contributed by atoms with E-state index in [9.17, 15) is 34.8 Å². The summed E-state index contributed by atoms with van der Waals surface area (Å²) in [5, 5.41) is 2.76. The molecule has 2 aromatic carbocycles. The SMILES string of the molecule is Cc1nc2ccc3c(c2o1)N(S(=O)(=O)c1ccc(OC(F)(F)F)cc1)Cc1ccc(C(F)(F)F)nc1N3. The minimum absolute atomic E-state index is 0.0342. The second kappa shape index (κ2) is 8.26. The fourth-order valence-electron chi connectivity index (χ4n) is 3.83. The van der Waals surface area contributed by atoms with Crippen LogP contribution < -0.4 is 14.4 Å². The molecule has 194 valence electrons. The second-order valence-corrected chi connectivity index (χ2v) is 9.76. The van der Waals surface area contributed by atoms with E-state index < -0.39 is 45.4 Å². The molecule has 0 saturated heterocycles. The smallest absolute Gasteiger partial charge is 0.439 e. The normalized spacial score (nSPS) is 14.1. The number of sulfonamides is 1. The fraction of sp³-hybridized carbons (Fsp3) is 0.182. The van der Waals surface area contributed by atoms with Crippen LogP contribution in [-0.4, -0.2) is 24.7 Å². The molecule has 8 nitrogen and oxygen atoms in total. The van der Waals surface area contributed by atoms with Crippen molar-refractivity contribution in [3.63, 3.8) is 0 Å². The number of ether oxygens (including phenoxy) is 1. The molecule has 37 heavy (non-hydrogen) atoms. The zero-order valence-electron chi connectivity index (χ0n) is 18.5. The van der Waals surface area contributed by atoms with Crippen LogP contribution in [0.25, 0.3) is 11.1 Å². The molecule has 2 aromatic heterocycles. The number of nitrogens with one attached hydrogen (secondary N) is 1. The number of fused-ring (bicyclic) bond motifs is 4. The van der Waals surface area contributed by atoms with Gasteiger partial charge in [0.15, 0.2) is 11.5 Å². The van der Waals surface area contributed by atoms with Gasteiger partial charge in [-0.25, -0.2) is 18.4 Å².